The molecule has 4 heterocycles. The molecule has 0 bridgehead atoms. The van der Waals surface area contributed by atoms with Crippen molar-refractivity contribution in [1.29, 1.82) is 0 Å². The zero-order chi connectivity index (χ0) is 23.4. The number of cyclic esters (lactones) is 1. The van der Waals surface area contributed by atoms with Crippen LogP contribution in [0.25, 0.3) is 10.8 Å². The number of aromatic nitrogens is 3. The highest BCUT2D eigenvalue weighted by molar-refractivity contribution is 5.92. The van der Waals surface area contributed by atoms with Gasteiger partial charge in [0.2, 0.25) is 5.88 Å². The molecule has 33 heavy (non-hydrogen) atoms. The van der Waals surface area contributed by atoms with Crippen molar-refractivity contribution in [2.45, 2.75) is 70.7 Å². The van der Waals surface area contributed by atoms with E-state index in [1.54, 1.807) is 38.4 Å². The molecule has 0 unspecified atom stereocenters. The Balaban J connectivity index is 1.50. The largest absolute Gasteiger partial charge is 0.474 e. The normalized spacial score (nSPS) is 17.8. The van der Waals surface area contributed by atoms with Crippen LogP contribution in [-0.2, 0) is 16.8 Å². The third kappa shape index (κ3) is 4.48. The van der Waals surface area contributed by atoms with Crippen LogP contribution in [0.2, 0.25) is 0 Å². The molecule has 2 N–H and O–H groups in total. The number of fused-ring (bicyclic) bond motifs is 2. The molecule has 2 aliphatic rings. The Bertz CT molecular complexity index is 1250. The quantitative estimate of drug-likeness (QED) is 0.553. The van der Waals surface area contributed by atoms with Crippen molar-refractivity contribution in [3.05, 3.63) is 47.4 Å². The summed E-state index contributed by atoms with van der Waals surface area (Å²) < 4.78 is 11.5. The summed E-state index contributed by atoms with van der Waals surface area (Å²) in [6.45, 7) is 7.27. The van der Waals surface area contributed by atoms with Crippen LogP contribution in [0, 0.1) is 0 Å². The fourth-order valence-electron chi connectivity index (χ4n) is 3.96. The van der Waals surface area contributed by atoms with Crippen LogP contribution in [-0.4, -0.2) is 37.7 Å². The number of aliphatic hydroxyl groups is 1. The van der Waals surface area contributed by atoms with E-state index in [2.05, 4.69) is 20.3 Å². The molecule has 1 aliphatic heterocycles. The number of carbonyl (C=O) groups excluding carboxylic acids is 1. The van der Waals surface area contributed by atoms with Gasteiger partial charge in [-0.2, -0.15) is 0 Å². The second-order valence-electron chi connectivity index (χ2n) is 9.93. The molecule has 1 saturated carbocycles. The molecular weight excluding hydrogens is 420 g/mol. The van der Waals surface area contributed by atoms with Crippen molar-refractivity contribution in [2.75, 3.05) is 5.32 Å². The maximum absolute atomic E-state index is 12.4. The van der Waals surface area contributed by atoms with Crippen molar-refractivity contribution in [2.24, 2.45) is 0 Å². The molecule has 172 valence electrons. The Morgan fingerprint density at radius 2 is 1.94 bits per heavy atom. The van der Waals surface area contributed by atoms with E-state index in [4.69, 9.17) is 9.47 Å². The van der Waals surface area contributed by atoms with E-state index in [-0.39, 0.29) is 12.1 Å². The van der Waals surface area contributed by atoms with Gasteiger partial charge in [-0.1, -0.05) is 0 Å². The molecule has 3 aromatic rings. The third-order valence-electron chi connectivity index (χ3n) is 5.98. The predicted octanol–water partition coefficient (Wildman–Crippen LogP) is 4.42. The summed E-state index contributed by atoms with van der Waals surface area (Å²) in [6.07, 6.45) is 6.97. The minimum atomic E-state index is -1.09. The molecule has 0 spiro atoms. The number of nitrogens with one attached hydrogen (secondary N) is 1. The average molecular weight is 449 g/mol. The van der Waals surface area contributed by atoms with Crippen molar-refractivity contribution in [3.8, 4) is 5.88 Å². The highest BCUT2D eigenvalue weighted by Crippen LogP contribution is 2.36. The second-order valence-corrected chi connectivity index (χ2v) is 9.93. The standard InChI is InChI=1S/C25H28N4O4/c1-24(2)10-9-19-15(23(30)33-24)7-8-20(28-19)29-21-11-16-17(12-26-21)22(32-14-5-6-14)27-13-18(16)25(3,4)31/h7-8,11-14,31H,5-6,9-10H2,1-4H3,(H,26,28,29). The van der Waals surface area contributed by atoms with Crippen LogP contribution in [0.1, 0.15) is 68.6 Å². The predicted molar refractivity (Wildman–Crippen MR) is 124 cm³/mol. The van der Waals surface area contributed by atoms with Crippen LogP contribution < -0.4 is 10.1 Å². The van der Waals surface area contributed by atoms with Crippen LogP contribution in [0.15, 0.2) is 30.6 Å². The fourth-order valence-corrected chi connectivity index (χ4v) is 3.96. The summed E-state index contributed by atoms with van der Waals surface area (Å²) in [5.74, 6) is 1.34. The maximum Gasteiger partial charge on any atom is 0.340 e. The molecule has 0 amide bonds. The smallest absolute Gasteiger partial charge is 0.340 e. The van der Waals surface area contributed by atoms with Gasteiger partial charge in [-0.25, -0.2) is 19.7 Å². The molecule has 3 aromatic heterocycles. The topological polar surface area (TPSA) is 106 Å². The van der Waals surface area contributed by atoms with Crippen molar-refractivity contribution < 1.29 is 19.4 Å². The second kappa shape index (κ2) is 7.66. The SMILES string of the molecule is CC1(C)CCc2nc(Nc3cc4c(C(C)(C)O)cnc(OC5CC5)c4cn3)ccc2C(=O)O1. The van der Waals surface area contributed by atoms with E-state index in [1.807, 2.05) is 19.9 Å². The average Bonchev–Trinajstić information content (AvgIpc) is 3.56. The Kier molecular flexibility index (Phi) is 5.01. The van der Waals surface area contributed by atoms with Crippen molar-refractivity contribution >= 4 is 28.4 Å². The molecule has 1 fully saturated rings. The van der Waals surface area contributed by atoms with Crippen molar-refractivity contribution in [1.82, 2.24) is 15.0 Å². The summed E-state index contributed by atoms with van der Waals surface area (Å²) in [4.78, 5) is 26.1. The number of nitrogens with zero attached hydrogens (tertiary/aromatic N) is 3. The monoisotopic (exact) mass is 448 g/mol. The van der Waals surface area contributed by atoms with Gasteiger partial charge in [0.25, 0.3) is 0 Å². The van der Waals surface area contributed by atoms with Gasteiger partial charge < -0.3 is 19.9 Å². The van der Waals surface area contributed by atoms with Gasteiger partial charge in [0, 0.05) is 18.0 Å². The summed E-state index contributed by atoms with van der Waals surface area (Å²) >= 11 is 0. The zero-order valence-electron chi connectivity index (χ0n) is 19.3. The molecule has 0 radical (unpaired) electrons. The first kappa shape index (κ1) is 21.6. The Morgan fingerprint density at radius 1 is 1.15 bits per heavy atom. The van der Waals surface area contributed by atoms with Crippen LogP contribution in [0.3, 0.4) is 0 Å². The first-order valence-electron chi connectivity index (χ1n) is 11.3. The van der Waals surface area contributed by atoms with E-state index in [0.717, 1.165) is 23.6 Å². The number of carbonyl (C=O) groups is 1. The number of esters is 1. The Labute approximate surface area is 192 Å². The summed E-state index contributed by atoms with van der Waals surface area (Å²) in [5, 5.41) is 15.5. The Morgan fingerprint density at radius 3 is 2.67 bits per heavy atom. The number of hydrogen-bond donors (Lipinski definition) is 2. The number of pyridine rings is 3. The highest BCUT2D eigenvalue weighted by atomic mass is 16.6. The molecule has 1 aliphatic carbocycles. The molecule has 0 aromatic carbocycles. The van der Waals surface area contributed by atoms with Gasteiger partial charge in [-0.3, -0.25) is 0 Å². The lowest BCUT2D eigenvalue weighted by Crippen LogP contribution is -2.26. The Hall–Kier alpha value is -3.26. The lowest BCUT2D eigenvalue weighted by atomic mass is 9.95. The summed E-state index contributed by atoms with van der Waals surface area (Å²) in [5.41, 5.74) is 0.281. The third-order valence-corrected chi connectivity index (χ3v) is 5.98. The lowest BCUT2D eigenvalue weighted by molar-refractivity contribution is -0.00162. The summed E-state index contributed by atoms with van der Waals surface area (Å²) in [7, 11) is 0. The van der Waals surface area contributed by atoms with E-state index in [0.29, 0.717) is 47.2 Å². The van der Waals surface area contributed by atoms with Crippen LogP contribution >= 0.6 is 0 Å². The first-order chi connectivity index (χ1) is 15.6. The van der Waals surface area contributed by atoms with Crippen molar-refractivity contribution in [3.63, 3.8) is 0 Å². The number of aryl methyl sites for hydroxylation is 1. The van der Waals surface area contributed by atoms with Gasteiger partial charge >= 0.3 is 5.97 Å². The number of rotatable bonds is 5. The number of hydrogen-bond acceptors (Lipinski definition) is 8. The minimum absolute atomic E-state index is 0.201. The van der Waals surface area contributed by atoms with Crippen LogP contribution in [0.4, 0.5) is 11.6 Å². The van der Waals surface area contributed by atoms with E-state index in [9.17, 15) is 9.90 Å². The maximum atomic E-state index is 12.4. The number of ether oxygens (including phenoxy) is 2. The molecule has 5 rings (SSSR count). The van der Waals surface area contributed by atoms with E-state index < -0.39 is 11.2 Å². The zero-order valence-corrected chi connectivity index (χ0v) is 19.3. The van der Waals surface area contributed by atoms with E-state index >= 15 is 0 Å². The number of anilines is 2. The molecular formula is C25H28N4O4. The van der Waals surface area contributed by atoms with Gasteiger partial charge in [-0.05, 0) is 77.0 Å². The van der Waals surface area contributed by atoms with Gasteiger partial charge in [0.1, 0.15) is 23.3 Å². The lowest BCUT2D eigenvalue weighted by Gasteiger charge is -2.21. The van der Waals surface area contributed by atoms with Gasteiger partial charge in [0.15, 0.2) is 0 Å². The van der Waals surface area contributed by atoms with Gasteiger partial charge in [-0.15, -0.1) is 0 Å². The molecule has 8 nitrogen and oxygen atoms in total. The molecule has 0 saturated heterocycles. The molecule has 0 atom stereocenters. The highest BCUT2D eigenvalue weighted by Gasteiger charge is 2.30. The van der Waals surface area contributed by atoms with Crippen LogP contribution in [0.5, 0.6) is 5.88 Å². The molecule has 8 heteroatoms. The van der Waals surface area contributed by atoms with Gasteiger partial charge in [0.05, 0.1) is 22.2 Å². The van der Waals surface area contributed by atoms with E-state index in [1.165, 1.54) is 0 Å². The first-order valence-corrected chi connectivity index (χ1v) is 11.3. The summed E-state index contributed by atoms with van der Waals surface area (Å²) in [6, 6.07) is 5.35. The minimum Gasteiger partial charge on any atom is -0.474 e. The fraction of sp³-hybridized carbons (Fsp3) is 0.440.